The molecule has 8 heteroatoms. The van der Waals surface area contributed by atoms with Gasteiger partial charge in [0, 0.05) is 24.2 Å². The van der Waals surface area contributed by atoms with Crippen LogP contribution in [0.1, 0.15) is 11.1 Å². The van der Waals surface area contributed by atoms with Crippen LogP contribution in [-0.4, -0.2) is 27.8 Å². The number of thioether (sulfide) groups is 1. The van der Waals surface area contributed by atoms with Gasteiger partial charge in [0.25, 0.3) is 5.56 Å². The summed E-state index contributed by atoms with van der Waals surface area (Å²) in [5, 5.41) is 2.76. The van der Waals surface area contributed by atoms with Gasteiger partial charge < -0.3 is 5.32 Å². The lowest BCUT2D eigenvalue weighted by Gasteiger charge is -2.07. The number of nitrogens with one attached hydrogen (secondary N) is 2. The maximum Gasteiger partial charge on any atom is 0.328 e. The predicted octanol–water partition coefficient (Wildman–Crippen LogP) is 1.66. The molecule has 0 unspecified atom stereocenters. The first-order valence-corrected chi connectivity index (χ1v) is 9.30. The van der Waals surface area contributed by atoms with Gasteiger partial charge in [-0.2, -0.15) is 11.8 Å². The van der Waals surface area contributed by atoms with Crippen LogP contribution in [0.4, 0.5) is 0 Å². The van der Waals surface area contributed by atoms with Gasteiger partial charge in [0.05, 0.1) is 4.47 Å². The number of hydrogen-bond donors (Lipinski definition) is 2. The number of H-pyrrole nitrogens is 1. The zero-order chi connectivity index (χ0) is 17.5. The summed E-state index contributed by atoms with van der Waals surface area (Å²) in [4.78, 5) is 36.8. The van der Waals surface area contributed by atoms with E-state index in [1.54, 1.807) is 11.8 Å². The average Bonchev–Trinajstić information content (AvgIpc) is 2.54. The van der Waals surface area contributed by atoms with Crippen molar-refractivity contribution in [2.45, 2.75) is 19.2 Å². The van der Waals surface area contributed by atoms with Gasteiger partial charge in [0.15, 0.2) is 0 Å². The Morgan fingerprint density at radius 3 is 2.71 bits per heavy atom. The molecule has 0 aliphatic carbocycles. The number of nitrogens with zero attached hydrogens (tertiary/aromatic N) is 1. The molecule has 1 aromatic carbocycles. The Morgan fingerprint density at radius 1 is 1.29 bits per heavy atom. The van der Waals surface area contributed by atoms with E-state index in [4.69, 9.17) is 0 Å². The first-order valence-electron chi connectivity index (χ1n) is 7.35. The highest BCUT2D eigenvalue weighted by molar-refractivity contribution is 9.10. The smallest absolute Gasteiger partial charge is 0.328 e. The largest absolute Gasteiger partial charge is 0.354 e. The average molecular weight is 412 g/mol. The molecular weight excluding hydrogens is 394 g/mol. The van der Waals surface area contributed by atoms with Gasteiger partial charge in [-0.3, -0.25) is 19.1 Å². The Morgan fingerprint density at radius 2 is 2.00 bits per heavy atom. The van der Waals surface area contributed by atoms with Crippen molar-refractivity contribution in [3.8, 4) is 0 Å². The predicted molar refractivity (Wildman–Crippen MR) is 99.4 cm³/mol. The quantitative estimate of drug-likeness (QED) is 0.678. The fraction of sp³-hybridized carbons (Fsp3) is 0.312. The molecule has 1 aromatic heterocycles. The van der Waals surface area contributed by atoms with Crippen LogP contribution in [0.5, 0.6) is 0 Å². The fourth-order valence-electron chi connectivity index (χ4n) is 1.95. The lowest BCUT2D eigenvalue weighted by Crippen LogP contribution is -2.36. The first kappa shape index (κ1) is 18.5. The van der Waals surface area contributed by atoms with Crippen LogP contribution in [-0.2, 0) is 17.1 Å². The zero-order valence-corrected chi connectivity index (χ0v) is 15.6. The van der Waals surface area contributed by atoms with Crippen molar-refractivity contribution < 1.29 is 4.79 Å². The maximum absolute atomic E-state index is 11.8. The van der Waals surface area contributed by atoms with Gasteiger partial charge in [-0.05, 0) is 28.4 Å². The lowest BCUT2D eigenvalue weighted by atomic mass is 10.2. The fourth-order valence-corrected chi connectivity index (χ4v) is 3.11. The van der Waals surface area contributed by atoms with E-state index in [-0.39, 0.29) is 16.9 Å². The molecule has 128 valence electrons. The van der Waals surface area contributed by atoms with Gasteiger partial charge in [0.1, 0.15) is 6.54 Å². The second-order valence-electron chi connectivity index (χ2n) is 5.25. The molecule has 0 saturated carbocycles. The summed E-state index contributed by atoms with van der Waals surface area (Å²) in [7, 11) is 0. The standard InChI is InChI=1S/C16H18BrN3O3S/c1-11-2-4-12(5-3-11)10-24-7-6-18-14(21)9-20-8-13(17)15(22)19-16(20)23/h2-5,8H,6-7,9-10H2,1H3,(H,18,21)(H,19,22,23). The van der Waals surface area contributed by atoms with E-state index in [2.05, 4.69) is 57.4 Å². The number of carbonyl (C=O) groups is 1. The SMILES string of the molecule is Cc1ccc(CSCCNC(=O)Cn2cc(Br)c(=O)[nH]c2=O)cc1. The number of halogens is 1. The number of benzene rings is 1. The molecule has 2 N–H and O–H groups in total. The third kappa shape index (κ3) is 5.68. The highest BCUT2D eigenvalue weighted by Crippen LogP contribution is 2.12. The molecule has 0 bridgehead atoms. The molecule has 1 amide bonds. The van der Waals surface area contributed by atoms with E-state index in [0.717, 1.165) is 16.1 Å². The van der Waals surface area contributed by atoms with Crippen molar-refractivity contribution in [3.63, 3.8) is 0 Å². The lowest BCUT2D eigenvalue weighted by molar-refractivity contribution is -0.121. The molecule has 24 heavy (non-hydrogen) atoms. The summed E-state index contributed by atoms with van der Waals surface area (Å²) in [5.74, 6) is 1.40. The molecule has 0 aliphatic rings. The normalized spacial score (nSPS) is 10.6. The summed E-state index contributed by atoms with van der Waals surface area (Å²) in [5.41, 5.74) is 1.37. The van der Waals surface area contributed by atoms with Crippen molar-refractivity contribution in [2.75, 3.05) is 12.3 Å². The molecule has 0 saturated heterocycles. The van der Waals surface area contributed by atoms with Crippen LogP contribution in [0.15, 0.2) is 44.5 Å². The van der Waals surface area contributed by atoms with E-state index in [1.165, 1.54) is 17.3 Å². The Balaban J connectivity index is 1.72. The summed E-state index contributed by atoms with van der Waals surface area (Å²) in [6.07, 6.45) is 1.31. The van der Waals surface area contributed by atoms with E-state index in [1.807, 2.05) is 0 Å². The van der Waals surface area contributed by atoms with Crippen molar-refractivity contribution in [1.82, 2.24) is 14.9 Å². The number of carbonyl (C=O) groups excluding carboxylic acids is 1. The van der Waals surface area contributed by atoms with Gasteiger partial charge in [-0.1, -0.05) is 29.8 Å². The molecule has 1 heterocycles. The zero-order valence-electron chi connectivity index (χ0n) is 13.2. The van der Waals surface area contributed by atoms with Crippen LogP contribution >= 0.6 is 27.7 Å². The van der Waals surface area contributed by atoms with Crippen molar-refractivity contribution in [3.05, 3.63) is 66.9 Å². The van der Waals surface area contributed by atoms with Crippen LogP contribution in [0.3, 0.4) is 0 Å². The monoisotopic (exact) mass is 411 g/mol. The number of aromatic amines is 1. The molecule has 6 nitrogen and oxygen atoms in total. The van der Waals surface area contributed by atoms with Crippen molar-refractivity contribution >= 4 is 33.6 Å². The minimum absolute atomic E-state index is 0.128. The van der Waals surface area contributed by atoms with Gasteiger partial charge >= 0.3 is 5.69 Å². The molecule has 2 rings (SSSR count). The Kier molecular flexibility index (Phi) is 6.86. The van der Waals surface area contributed by atoms with E-state index < -0.39 is 11.2 Å². The third-order valence-corrected chi connectivity index (χ3v) is 4.83. The topological polar surface area (TPSA) is 84.0 Å². The molecule has 0 aliphatic heterocycles. The minimum atomic E-state index is -0.605. The third-order valence-electron chi connectivity index (χ3n) is 3.24. The molecule has 0 radical (unpaired) electrons. The Labute approximate surface area is 151 Å². The number of hydrogen-bond acceptors (Lipinski definition) is 4. The van der Waals surface area contributed by atoms with Gasteiger partial charge in [-0.15, -0.1) is 0 Å². The Bertz CT molecular complexity index is 815. The minimum Gasteiger partial charge on any atom is -0.354 e. The highest BCUT2D eigenvalue weighted by atomic mass is 79.9. The van der Waals surface area contributed by atoms with Crippen LogP contribution < -0.4 is 16.6 Å². The second kappa shape index (κ2) is 8.89. The molecule has 0 spiro atoms. The van der Waals surface area contributed by atoms with E-state index in [0.29, 0.717) is 6.54 Å². The molecule has 0 atom stereocenters. The number of rotatable bonds is 7. The summed E-state index contributed by atoms with van der Waals surface area (Å²) in [6, 6.07) is 8.36. The van der Waals surface area contributed by atoms with E-state index >= 15 is 0 Å². The maximum atomic E-state index is 11.8. The van der Waals surface area contributed by atoms with E-state index in [9.17, 15) is 14.4 Å². The molecule has 2 aromatic rings. The van der Waals surface area contributed by atoms with Gasteiger partial charge in [0.2, 0.25) is 5.91 Å². The number of aryl methyl sites for hydroxylation is 1. The molecule has 0 fully saturated rings. The van der Waals surface area contributed by atoms with Gasteiger partial charge in [-0.25, -0.2) is 4.79 Å². The summed E-state index contributed by atoms with van der Waals surface area (Å²) >= 11 is 4.76. The summed E-state index contributed by atoms with van der Waals surface area (Å²) < 4.78 is 1.36. The Hall–Kier alpha value is -1.80. The van der Waals surface area contributed by atoms with Crippen molar-refractivity contribution in [1.29, 1.82) is 0 Å². The molecular formula is C16H18BrN3O3S. The van der Waals surface area contributed by atoms with Crippen LogP contribution in [0.2, 0.25) is 0 Å². The second-order valence-corrected chi connectivity index (χ2v) is 7.21. The summed E-state index contributed by atoms with van der Waals surface area (Å²) in [6.45, 7) is 2.45. The highest BCUT2D eigenvalue weighted by Gasteiger charge is 2.06. The van der Waals surface area contributed by atoms with Crippen LogP contribution in [0, 0.1) is 6.92 Å². The number of amides is 1. The number of aromatic nitrogens is 2. The first-order chi connectivity index (χ1) is 11.5. The van der Waals surface area contributed by atoms with Crippen molar-refractivity contribution in [2.24, 2.45) is 0 Å². The van der Waals surface area contributed by atoms with Crippen LogP contribution in [0.25, 0.3) is 0 Å².